The molecule has 0 atom stereocenters. The molecular formula is C9H6F3NO2S. The van der Waals surface area contributed by atoms with E-state index in [0.29, 0.717) is 5.56 Å². The fourth-order valence-corrected chi connectivity index (χ4v) is 1.47. The van der Waals surface area contributed by atoms with Gasteiger partial charge in [-0.05, 0) is 29.5 Å². The van der Waals surface area contributed by atoms with Gasteiger partial charge < -0.3 is 0 Å². The Morgan fingerprint density at radius 2 is 1.81 bits per heavy atom. The van der Waals surface area contributed by atoms with Crippen LogP contribution in [0.15, 0.2) is 35.4 Å². The van der Waals surface area contributed by atoms with Crippen LogP contribution in [-0.2, 0) is 0 Å². The zero-order valence-electron chi connectivity index (χ0n) is 7.77. The van der Waals surface area contributed by atoms with Gasteiger partial charge in [0, 0.05) is 11.0 Å². The Bertz CT molecular complexity index is 400. The molecule has 0 fully saturated rings. The van der Waals surface area contributed by atoms with Crippen LogP contribution < -0.4 is 0 Å². The van der Waals surface area contributed by atoms with E-state index in [0.717, 1.165) is 6.20 Å². The number of thioether (sulfide) groups is 1. The number of hydrogen-bond donors (Lipinski definition) is 0. The van der Waals surface area contributed by atoms with E-state index >= 15 is 0 Å². The second kappa shape index (κ2) is 5.02. The molecule has 1 aromatic rings. The van der Waals surface area contributed by atoms with Crippen LogP contribution in [0.25, 0.3) is 6.08 Å². The zero-order chi connectivity index (χ0) is 12.2. The van der Waals surface area contributed by atoms with E-state index < -0.39 is 10.4 Å². The van der Waals surface area contributed by atoms with Gasteiger partial charge in [-0.1, -0.05) is 12.1 Å². The summed E-state index contributed by atoms with van der Waals surface area (Å²) in [5.41, 5.74) is -3.85. The summed E-state index contributed by atoms with van der Waals surface area (Å²) in [4.78, 5) is 9.40. The molecule has 0 radical (unpaired) electrons. The SMILES string of the molecule is O=[N+]([O-])C=Cc1ccc(SC(F)(F)F)cc1. The Balaban J connectivity index is 2.72. The minimum absolute atomic E-state index is 0.0470. The van der Waals surface area contributed by atoms with Gasteiger partial charge in [0.05, 0.1) is 4.92 Å². The van der Waals surface area contributed by atoms with E-state index in [-0.39, 0.29) is 16.7 Å². The van der Waals surface area contributed by atoms with Crippen molar-refractivity contribution in [2.24, 2.45) is 0 Å². The maximum Gasteiger partial charge on any atom is 0.446 e. The minimum atomic E-state index is -4.32. The van der Waals surface area contributed by atoms with Crippen LogP contribution in [0.3, 0.4) is 0 Å². The lowest BCUT2D eigenvalue weighted by Crippen LogP contribution is -1.98. The van der Waals surface area contributed by atoms with Crippen LogP contribution in [0.2, 0.25) is 0 Å². The molecule has 0 spiro atoms. The van der Waals surface area contributed by atoms with Gasteiger partial charge in [-0.2, -0.15) is 13.2 Å². The van der Waals surface area contributed by atoms with E-state index in [1.165, 1.54) is 30.3 Å². The zero-order valence-corrected chi connectivity index (χ0v) is 8.59. The maximum atomic E-state index is 12.0. The first-order valence-electron chi connectivity index (χ1n) is 4.04. The predicted octanol–water partition coefficient (Wildman–Crippen LogP) is 3.55. The molecule has 0 aromatic heterocycles. The van der Waals surface area contributed by atoms with Gasteiger partial charge >= 0.3 is 5.51 Å². The Labute approximate surface area is 93.1 Å². The average Bonchev–Trinajstić information content (AvgIpc) is 2.14. The number of halogens is 3. The molecule has 16 heavy (non-hydrogen) atoms. The van der Waals surface area contributed by atoms with Crippen LogP contribution in [0.4, 0.5) is 13.2 Å². The van der Waals surface area contributed by atoms with Crippen molar-refractivity contribution in [3.63, 3.8) is 0 Å². The molecular weight excluding hydrogens is 243 g/mol. The van der Waals surface area contributed by atoms with Crippen molar-refractivity contribution in [3.05, 3.63) is 46.1 Å². The molecule has 7 heteroatoms. The smallest absolute Gasteiger partial charge is 0.259 e. The molecule has 0 saturated carbocycles. The Kier molecular flexibility index (Phi) is 3.94. The lowest BCUT2D eigenvalue weighted by Gasteiger charge is -2.04. The second-order valence-electron chi connectivity index (χ2n) is 2.72. The Hall–Kier alpha value is -1.50. The average molecular weight is 249 g/mol. The number of hydrogen-bond acceptors (Lipinski definition) is 3. The molecule has 86 valence electrons. The van der Waals surface area contributed by atoms with Crippen LogP contribution in [0.5, 0.6) is 0 Å². The van der Waals surface area contributed by atoms with Crippen molar-refractivity contribution in [1.82, 2.24) is 0 Å². The number of nitrogens with zero attached hydrogens (tertiary/aromatic N) is 1. The summed E-state index contributed by atoms with van der Waals surface area (Å²) in [5, 5.41) is 9.99. The summed E-state index contributed by atoms with van der Waals surface area (Å²) in [6, 6.07) is 5.29. The topological polar surface area (TPSA) is 43.1 Å². The first-order chi connectivity index (χ1) is 7.37. The van der Waals surface area contributed by atoms with Crippen LogP contribution in [0, 0.1) is 10.1 Å². The monoisotopic (exact) mass is 249 g/mol. The first-order valence-corrected chi connectivity index (χ1v) is 4.86. The normalized spacial score (nSPS) is 11.9. The second-order valence-corrected chi connectivity index (χ2v) is 3.86. The largest absolute Gasteiger partial charge is 0.446 e. The molecule has 0 amide bonds. The van der Waals surface area contributed by atoms with Gasteiger partial charge in [-0.15, -0.1) is 0 Å². The lowest BCUT2D eigenvalue weighted by atomic mass is 10.2. The quantitative estimate of drug-likeness (QED) is 0.467. The third-order valence-electron chi connectivity index (χ3n) is 1.50. The molecule has 0 heterocycles. The highest BCUT2D eigenvalue weighted by molar-refractivity contribution is 8.00. The Morgan fingerprint density at radius 3 is 2.25 bits per heavy atom. The molecule has 0 unspecified atom stereocenters. The summed E-state index contributed by atoms with van der Waals surface area (Å²) in [6.07, 6.45) is 1.94. The fourth-order valence-electron chi connectivity index (χ4n) is 0.928. The summed E-state index contributed by atoms with van der Waals surface area (Å²) in [7, 11) is 0. The van der Waals surface area contributed by atoms with Crippen LogP contribution >= 0.6 is 11.8 Å². The molecule has 0 aliphatic carbocycles. The van der Waals surface area contributed by atoms with Crippen LogP contribution in [-0.4, -0.2) is 10.4 Å². The molecule has 0 aliphatic rings. The van der Waals surface area contributed by atoms with Crippen molar-refractivity contribution in [2.45, 2.75) is 10.4 Å². The highest BCUT2D eigenvalue weighted by atomic mass is 32.2. The van der Waals surface area contributed by atoms with E-state index in [1.54, 1.807) is 0 Å². The maximum absolute atomic E-state index is 12.0. The molecule has 0 N–H and O–H groups in total. The van der Waals surface area contributed by atoms with E-state index in [2.05, 4.69) is 0 Å². The van der Waals surface area contributed by atoms with Gasteiger partial charge in [0.2, 0.25) is 6.20 Å². The van der Waals surface area contributed by atoms with Gasteiger partial charge in [-0.3, -0.25) is 10.1 Å². The summed E-state index contributed by atoms with van der Waals surface area (Å²) >= 11 is -0.224. The number of rotatable bonds is 3. The first kappa shape index (κ1) is 12.6. The van der Waals surface area contributed by atoms with Crippen LogP contribution in [0.1, 0.15) is 5.56 Å². The summed E-state index contributed by atoms with van der Waals surface area (Å²) in [6.45, 7) is 0. The highest BCUT2D eigenvalue weighted by Gasteiger charge is 2.28. The third-order valence-corrected chi connectivity index (χ3v) is 2.24. The molecule has 1 aromatic carbocycles. The molecule has 0 bridgehead atoms. The number of benzene rings is 1. The van der Waals surface area contributed by atoms with Crippen molar-refractivity contribution in [1.29, 1.82) is 0 Å². The summed E-state index contributed by atoms with van der Waals surface area (Å²) in [5.74, 6) is 0. The predicted molar refractivity (Wildman–Crippen MR) is 54.4 cm³/mol. The van der Waals surface area contributed by atoms with E-state index in [1.807, 2.05) is 0 Å². The van der Waals surface area contributed by atoms with Gasteiger partial charge in [0.15, 0.2) is 0 Å². The standard InChI is InChI=1S/C9H6F3NO2S/c10-9(11,12)16-8-3-1-7(2-4-8)5-6-13(14)15/h1-6H. The molecule has 0 saturated heterocycles. The van der Waals surface area contributed by atoms with Crippen molar-refractivity contribution in [2.75, 3.05) is 0 Å². The van der Waals surface area contributed by atoms with Crippen molar-refractivity contribution >= 4 is 17.8 Å². The molecule has 1 rings (SSSR count). The van der Waals surface area contributed by atoms with Gasteiger partial charge in [-0.25, -0.2) is 0 Å². The van der Waals surface area contributed by atoms with Gasteiger partial charge in [0.25, 0.3) is 0 Å². The van der Waals surface area contributed by atoms with Crippen molar-refractivity contribution < 1.29 is 18.1 Å². The lowest BCUT2D eigenvalue weighted by molar-refractivity contribution is -0.400. The van der Waals surface area contributed by atoms with Gasteiger partial charge in [0.1, 0.15) is 0 Å². The minimum Gasteiger partial charge on any atom is -0.259 e. The fraction of sp³-hybridized carbons (Fsp3) is 0.111. The summed E-state index contributed by atoms with van der Waals surface area (Å²) < 4.78 is 35.9. The number of nitro groups is 1. The van der Waals surface area contributed by atoms with Crippen molar-refractivity contribution in [3.8, 4) is 0 Å². The third kappa shape index (κ3) is 4.83. The van der Waals surface area contributed by atoms with E-state index in [9.17, 15) is 23.3 Å². The van der Waals surface area contributed by atoms with E-state index in [4.69, 9.17) is 0 Å². The Morgan fingerprint density at radius 1 is 1.25 bits per heavy atom. The number of alkyl halides is 3. The highest BCUT2D eigenvalue weighted by Crippen LogP contribution is 2.36. The molecule has 3 nitrogen and oxygen atoms in total. The molecule has 0 aliphatic heterocycles.